The Labute approximate surface area is 114 Å². The lowest BCUT2D eigenvalue weighted by Crippen LogP contribution is -2.40. The number of rotatable bonds is 4. The smallest absolute Gasteiger partial charge is 0.325 e. The average molecular weight is 292 g/mol. The summed E-state index contributed by atoms with van der Waals surface area (Å²) in [5.41, 5.74) is 4.10. The first-order valence-corrected chi connectivity index (χ1v) is 6.10. The van der Waals surface area contributed by atoms with Crippen LogP contribution >= 0.6 is 0 Å². The first-order valence-electron chi connectivity index (χ1n) is 6.10. The zero-order chi connectivity index (χ0) is 15.5. The molecule has 1 amide bonds. The van der Waals surface area contributed by atoms with Crippen LogP contribution in [0.1, 0.15) is 25.8 Å². The summed E-state index contributed by atoms with van der Waals surface area (Å²) in [6, 6.07) is 1.44. The molecule has 1 aromatic carbocycles. The van der Waals surface area contributed by atoms with Gasteiger partial charge in [0.1, 0.15) is 5.82 Å². The summed E-state index contributed by atoms with van der Waals surface area (Å²) in [6.45, 7) is 3.60. The Morgan fingerprint density at radius 1 is 1.40 bits per heavy atom. The third-order valence-corrected chi connectivity index (χ3v) is 3.10. The third kappa shape index (κ3) is 3.93. The fourth-order valence-corrected chi connectivity index (χ4v) is 1.56. The van der Waals surface area contributed by atoms with Gasteiger partial charge in [-0.05, 0) is 24.1 Å². The maximum Gasteiger partial charge on any atom is 0.419 e. The van der Waals surface area contributed by atoms with Crippen molar-refractivity contribution in [3.63, 3.8) is 0 Å². The lowest BCUT2D eigenvalue weighted by molar-refractivity contribution is -0.140. The molecule has 0 saturated heterocycles. The predicted octanol–water partition coefficient (Wildman–Crippen LogP) is 3.16. The van der Waals surface area contributed by atoms with Gasteiger partial charge >= 0.3 is 6.18 Å². The Bertz CT molecular complexity index is 488. The van der Waals surface area contributed by atoms with Crippen LogP contribution in [0.4, 0.5) is 23.2 Å². The summed E-state index contributed by atoms with van der Waals surface area (Å²) >= 11 is 0. The summed E-state index contributed by atoms with van der Waals surface area (Å²) in [5.74, 6) is -2.10. The largest absolute Gasteiger partial charge is 0.419 e. The number of amides is 1. The summed E-state index contributed by atoms with van der Waals surface area (Å²) in [7, 11) is 0. The van der Waals surface area contributed by atoms with Crippen LogP contribution in [0, 0.1) is 11.7 Å². The third-order valence-electron chi connectivity index (χ3n) is 3.10. The molecule has 0 fully saturated rings. The molecule has 2 unspecified atom stereocenters. The van der Waals surface area contributed by atoms with Gasteiger partial charge in [0, 0.05) is 5.69 Å². The molecule has 3 N–H and O–H groups in total. The maximum atomic E-state index is 13.1. The molecule has 1 aromatic rings. The second-order valence-electron chi connectivity index (χ2n) is 4.59. The van der Waals surface area contributed by atoms with Crippen molar-refractivity contribution in [3.8, 4) is 0 Å². The minimum Gasteiger partial charge on any atom is -0.325 e. The number of alkyl halides is 3. The zero-order valence-corrected chi connectivity index (χ0v) is 11.1. The van der Waals surface area contributed by atoms with E-state index in [1.165, 1.54) is 0 Å². The summed E-state index contributed by atoms with van der Waals surface area (Å²) in [5, 5.41) is 2.27. The average Bonchev–Trinajstić information content (AvgIpc) is 2.37. The molecular formula is C13H16F4N2O. The van der Waals surface area contributed by atoms with Gasteiger partial charge in [0.05, 0.1) is 11.6 Å². The van der Waals surface area contributed by atoms with E-state index in [4.69, 9.17) is 5.73 Å². The Hall–Kier alpha value is -1.63. The number of hydrogen-bond donors (Lipinski definition) is 2. The monoisotopic (exact) mass is 292 g/mol. The van der Waals surface area contributed by atoms with Crippen LogP contribution in [0.2, 0.25) is 0 Å². The second-order valence-corrected chi connectivity index (χ2v) is 4.59. The number of hydrogen-bond acceptors (Lipinski definition) is 2. The highest BCUT2D eigenvalue weighted by Crippen LogP contribution is 2.33. The predicted molar refractivity (Wildman–Crippen MR) is 67.5 cm³/mol. The molecule has 1 rings (SSSR count). The minimum absolute atomic E-state index is 0.113. The van der Waals surface area contributed by atoms with Gasteiger partial charge in [-0.1, -0.05) is 20.3 Å². The molecule has 0 aliphatic carbocycles. The molecule has 0 aliphatic heterocycles. The fourth-order valence-electron chi connectivity index (χ4n) is 1.56. The van der Waals surface area contributed by atoms with Gasteiger partial charge in [-0.2, -0.15) is 13.2 Å². The molecule has 0 bridgehead atoms. The highest BCUT2D eigenvalue weighted by atomic mass is 19.4. The van der Waals surface area contributed by atoms with Crippen molar-refractivity contribution in [2.24, 2.45) is 11.7 Å². The highest BCUT2D eigenvalue weighted by Gasteiger charge is 2.34. The van der Waals surface area contributed by atoms with Crippen molar-refractivity contribution < 1.29 is 22.4 Å². The molecule has 3 nitrogen and oxygen atoms in total. The van der Waals surface area contributed by atoms with Crippen LogP contribution < -0.4 is 11.1 Å². The normalized spacial score (nSPS) is 14.8. The summed E-state index contributed by atoms with van der Waals surface area (Å²) in [6.07, 6.45) is -4.16. The van der Waals surface area contributed by atoms with E-state index in [0.717, 1.165) is 6.07 Å². The Balaban J connectivity index is 2.92. The Morgan fingerprint density at radius 2 is 2.00 bits per heavy atom. The van der Waals surface area contributed by atoms with E-state index in [2.05, 4.69) is 5.32 Å². The van der Waals surface area contributed by atoms with Crippen molar-refractivity contribution >= 4 is 11.6 Å². The number of anilines is 1. The van der Waals surface area contributed by atoms with Gasteiger partial charge in [-0.3, -0.25) is 4.79 Å². The van der Waals surface area contributed by atoms with E-state index >= 15 is 0 Å². The topological polar surface area (TPSA) is 55.1 Å². The first kappa shape index (κ1) is 16.4. The van der Waals surface area contributed by atoms with E-state index in [-0.39, 0.29) is 11.6 Å². The van der Waals surface area contributed by atoms with E-state index in [1.807, 2.05) is 6.92 Å². The maximum absolute atomic E-state index is 13.1. The first-order chi connectivity index (χ1) is 9.16. The minimum atomic E-state index is -4.82. The van der Waals surface area contributed by atoms with Gasteiger partial charge in [0.15, 0.2) is 0 Å². The standard InChI is InChI=1S/C13H16F4N2O/c1-3-7(2)11(18)12(20)19-8-4-5-10(14)9(6-8)13(15,16)17/h4-7,11H,3,18H2,1-2H3,(H,19,20). The van der Waals surface area contributed by atoms with Crippen molar-refractivity contribution in [1.82, 2.24) is 0 Å². The fraction of sp³-hybridized carbons (Fsp3) is 0.462. The lowest BCUT2D eigenvalue weighted by Gasteiger charge is -2.18. The van der Waals surface area contributed by atoms with Gasteiger partial charge < -0.3 is 11.1 Å². The van der Waals surface area contributed by atoms with Crippen molar-refractivity contribution in [3.05, 3.63) is 29.6 Å². The number of nitrogens with two attached hydrogens (primary N) is 1. The van der Waals surface area contributed by atoms with Crippen molar-refractivity contribution in [1.29, 1.82) is 0 Å². The Morgan fingerprint density at radius 3 is 2.50 bits per heavy atom. The highest BCUT2D eigenvalue weighted by molar-refractivity contribution is 5.94. The number of carbonyl (C=O) groups is 1. The molecule has 0 aliphatic rings. The quantitative estimate of drug-likeness (QED) is 0.838. The van der Waals surface area contributed by atoms with Crippen LogP contribution in [0.3, 0.4) is 0 Å². The molecule has 7 heteroatoms. The van der Waals surface area contributed by atoms with Gasteiger partial charge in [-0.25, -0.2) is 4.39 Å². The summed E-state index contributed by atoms with van der Waals surface area (Å²) in [4.78, 5) is 11.7. The number of nitrogens with one attached hydrogen (secondary N) is 1. The SMILES string of the molecule is CCC(C)C(N)C(=O)Nc1ccc(F)c(C(F)(F)F)c1. The van der Waals surface area contributed by atoms with Crippen molar-refractivity contribution in [2.75, 3.05) is 5.32 Å². The molecule has 2 atom stereocenters. The van der Waals surface area contributed by atoms with E-state index in [9.17, 15) is 22.4 Å². The van der Waals surface area contributed by atoms with Crippen LogP contribution in [-0.4, -0.2) is 11.9 Å². The van der Waals surface area contributed by atoms with E-state index in [1.54, 1.807) is 6.92 Å². The van der Waals surface area contributed by atoms with Crippen LogP contribution in [0.25, 0.3) is 0 Å². The van der Waals surface area contributed by atoms with Gasteiger partial charge in [0.25, 0.3) is 0 Å². The lowest BCUT2D eigenvalue weighted by atomic mass is 9.99. The van der Waals surface area contributed by atoms with E-state index < -0.39 is 29.5 Å². The van der Waals surface area contributed by atoms with Crippen LogP contribution in [-0.2, 0) is 11.0 Å². The number of benzene rings is 1. The molecular weight excluding hydrogens is 276 g/mol. The zero-order valence-electron chi connectivity index (χ0n) is 11.1. The molecule has 0 radical (unpaired) electrons. The molecule has 20 heavy (non-hydrogen) atoms. The van der Waals surface area contributed by atoms with Crippen molar-refractivity contribution in [2.45, 2.75) is 32.5 Å². The van der Waals surface area contributed by atoms with E-state index in [0.29, 0.717) is 18.6 Å². The van der Waals surface area contributed by atoms with Crippen LogP contribution in [0.15, 0.2) is 18.2 Å². The summed E-state index contributed by atoms with van der Waals surface area (Å²) < 4.78 is 50.7. The van der Waals surface area contributed by atoms with Gasteiger partial charge in [0.2, 0.25) is 5.91 Å². The van der Waals surface area contributed by atoms with Crippen LogP contribution in [0.5, 0.6) is 0 Å². The molecule has 0 aromatic heterocycles. The van der Waals surface area contributed by atoms with Gasteiger partial charge in [-0.15, -0.1) is 0 Å². The number of carbonyl (C=O) groups excluding carboxylic acids is 1. The molecule has 0 spiro atoms. The Kier molecular flexibility index (Phi) is 5.10. The molecule has 112 valence electrons. The second kappa shape index (κ2) is 6.21. The number of halogens is 4. The molecule has 0 heterocycles. The molecule has 0 saturated carbocycles.